The van der Waals surface area contributed by atoms with Gasteiger partial charge in [0, 0.05) is 18.2 Å². The minimum atomic E-state index is 0.715. The predicted molar refractivity (Wildman–Crippen MR) is 64.9 cm³/mol. The number of methoxy groups -OCH3 is 2. The fourth-order valence-electron chi connectivity index (χ4n) is 1.45. The minimum absolute atomic E-state index is 0.715. The van der Waals surface area contributed by atoms with Crippen LogP contribution < -0.4 is 20.5 Å². The van der Waals surface area contributed by atoms with Crippen LogP contribution in [0.3, 0.4) is 0 Å². The lowest BCUT2D eigenvalue weighted by Gasteiger charge is -2.11. The molecule has 4 nitrogen and oxygen atoms in total. The van der Waals surface area contributed by atoms with Gasteiger partial charge in [-0.25, -0.2) is 0 Å². The quantitative estimate of drug-likeness (QED) is 0.682. The molecule has 0 saturated carbocycles. The Hall–Kier alpha value is -1.26. The maximum Gasteiger partial charge on any atom is 0.127 e. The molecule has 0 atom stereocenters. The average Bonchev–Trinajstić information content (AvgIpc) is 2.34. The van der Waals surface area contributed by atoms with Crippen LogP contribution in [0.4, 0.5) is 0 Å². The highest BCUT2D eigenvalue weighted by Crippen LogP contribution is 2.24. The second kappa shape index (κ2) is 7.09. The van der Waals surface area contributed by atoms with Gasteiger partial charge in [0.2, 0.25) is 0 Å². The molecule has 0 aliphatic heterocycles. The van der Waals surface area contributed by atoms with Crippen LogP contribution in [0.25, 0.3) is 0 Å². The summed E-state index contributed by atoms with van der Waals surface area (Å²) in [4.78, 5) is 0. The van der Waals surface area contributed by atoms with Crippen LogP contribution in [0.2, 0.25) is 0 Å². The number of benzene rings is 1. The number of rotatable bonds is 7. The van der Waals surface area contributed by atoms with E-state index in [0.29, 0.717) is 6.54 Å². The molecule has 0 radical (unpaired) electrons. The second-order valence-electron chi connectivity index (χ2n) is 3.50. The third-order valence-electron chi connectivity index (χ3n) is 2.37. The van der Waals surface area contributed by atoms with Crippen molar-refractivity contribution in [1.82, 2.24) is 5.32 Å². The fourth-order valence-corrected chi connectivity index (χ4v) is 1.45. The molecule has 1 rings (SSSR count). The van der Waals surface area contributed by atoms with Gasteiger partial charge in [-0.2, -0.15) is 0 Å². The van der Waals surface area contributed by atoms with Gasteiger partial charge in [0.05, 0.1) is 14.2 Å². The number of hydrogen-bond donors (Lipinski definition) is 2. The van der Waals surface area contributed by atoms with Gasteiger partial charge < -0.3 is 20.5 Å². The van der Waals surface area contributed by atoms with Gasteiger partial charge in [-0.05, 0) is 25.6 Å². The summed E-state index contributed by atoms with van der Waals surface area (Å²) in [6.45, 7) is 2.42. The summed E-state index contributed by atoms with van der Waals surface area (Å²) in [5.74, 6) is 1.65. The van der Waals surface area contributed by atoms with Gasteiger partial charge in [-0.1, -0.05) is 6.07 Å². The van der Waals surface area contributed by atoms with Crippen molar-refractivity contribution in [1.29, 1.82) is 0 Å². The fraction of sp³-hybridized carbons (Fsp3) is 0.500. The second-order valence-corrected chi connectivity index (χ2v) is 3.50. The molecule has 1 aromatic rings. The third kappa shape index (κ3) is 3.72. The number of hydrogen-bond acceptors (Lipinski definition) is 4. The van der Waals surface area contributed by atoms with E-state index in [0.717, 1.165) is 36.6 Å². The summed E-state index contributed by atoms with van der Waals surface area (Å²) in [5, 5.41) is 3.31. The van der Waals surface area contributed by atoms with E-state index >= 15 is 0 Å². The summed E-state index contributed by atoms with van der Waals surface area (Å²) < 4.78 is 10.4. The van der Waals surface area contributed by atoms with Gasteiger partial charge in [0.1, 0.15) is 11.5 Å². The molecule has 90 valence electrons. The van der Waals surface area contributed by atoms with Gasteiger partial charge in [-0.3, -0.25) is 0 Å². The zero-order valence-electron chi connectivity index (χ0n) is 9.95. The Morgan fingerprint density at radius 2 is 2.06 bits per heavy atom. The molecule has 0 aliphatic carbocycles. The summed E-state index contributed by atoms with van der Waals surface area (Å²) in [7, 11) is 3.31. The molecule has 0 bridgehead atoms. The first-order valence-electron chi connectivity index (χ1n) is 5.43. The van der Waals surface area contributed by atoms with Gasteiger partial charge >= 0.3 is 0 Å². The lowest BCUT2D eigenvalue weighted by Crippen LogP contribution is -2.18. The Balaban J connectivity index is 2.57. The van der Waals surface area contributed by atoms with Crippen molar-refractivity contribution < 1.29 is 9.47 Å². The number of nitrogens with one attached hydrogen (secondary N) is 1. The molecule has 0 heterocycles. The molecule has 1 aromatic carbocycles. The van der Waals surface area contributed by atoms with Crippen LogP contribution in [0.15, 0.2) is 18.2 Å². The van der Waals surface area contributed by atoms with Gasteiger partial charge in [-0.15, -0.1) is 0 Å². The topological polar surface area (TPSA) is 56.5 Å². The lowest BCUT2D eigenvalue weighted by molar-refractivity contribution is 0.390. The van der Waals surface area contributed by atoms with E-state index in [1.165, 1.54) is 0 Å². The summed E-state index contributed by atoms with van der Waals surface area (Å²) >= 11 is 0. The van der Waals surface area contributed by atoms with E-state index in [4.69, 9.17) is 15.2 Å². The van der Waals surface area contributed by atoms with Crippen LogP contribution in [0, 0.1) is 0 Å². The normalized spacial score (nSPS) is 10.2. The first-order chi connectivity index (χ1) is 7.81. The Bertz CT molecular complexity index is 316. The van der Waals surface area contributed by atoms with Crippen molar-refractivity contribution in [3.63, 3.8) is 0 Å². The van der Waals surface area contributed by atoms with Crippen molar-refractivity contribution in [2.75, 3.05) is 27.3 Å². The molecule has 16 heavy (non-hydrogen) atoms. The summed E-state index contributed by atoms with van der Waals surface area (Å²) in [6.07, 6.45) is 0.985. The van der Waals surface area contributed by atoms with E-state index in [1.807, 2.05) is 18.2 Å². The van der Waals surface area contributed by atoms with Crippen LogP contribution in [-0.2, 0) is 6.54 Å². The summed E-state index contributed by atoms with van der Waals surface area (Å²) in [5.41, 5.74) is 6.55. The number of ether oxygens (including phenoxy) is 2. The summed E-state index contributed by atoms with van der Waals surface area (Å²) in [6, 6.07) is 5.83. The van der Waals surface area contributed by atoms with E-state index < -0.39 is 0 Å². The highest BCUT2D eigenvalue weighted by molar-refractivity contribution is 5.40. The average molecular weight is 224 g/mol. The number of nitrogens with two attached hydrogens (primary N) is 1. The van der Waals surface area contributed by atoms with E-state index in [1.54, 1.807) is 14.2 Å². The molecule has 3 N–H and O–H groups in total. The smallest absolute Gasteiger partial charge is 0.127 e. The minimum Gasteiger partial charge on any atom is -0.497 e. The monoisotopic (exact) mass is 224 g/mol. The standard InChI is InChI=1S/C12H20N2O2/c1-15-11-5-4-10(12(8-11)16-2)9-14-7-3-6-13/h4-5,8,14H,3,6-7,9,13H2,1-2H3. The Morgan fingerprint density at radius 3 is 2.69 bits per heavy atom. The molecule has 0 saturated heterocycles. The van der Waals surface area contributed by atoms with Crippen molar-refractivity contribution >= 4 is 0 Å². The molecule has 0 spiro atoms. The molecule has 0 unspecified atom stereocenters. The van der Waals surface area contributed by atoms with Crippen molar-refractivity contribution in [2.24, 2.45) is 5.73 Å². The Labute approximate surface area is 96.7 Å². The molecular formula is C12H20N2O2. The zero-order chi connectivity index (χ0) is 11.8. The molecular weight excluding hydrogens is 204 g/mol. The largest absolute Gasteiger partial charge is 0.497 e. The van der Waals surface area contributed by atoms with Crippen LogP contribution in [-0.4, -0.2) is 27.3 Å². The molecule has 0 fully saturated rings. The van der Waals surface area contributed by atoms with Gasteiger partial charge in [0.25, 0.3) is 0 Å². The van der Waals surface area contributed by atoms with Crippen LogP contribution in [0.1, 0.15) is 12.0 Å². The molecule has 0 aliphatic rings. The SMILES string of the molecule is COc1ccc(CNCCCN)c(OC)c1. The molecule has 0 amide bonds. The highest BCUT2D eigenvalue weighted by Gasteiger charge is 2.03. The van der Waals surface area contributed by atoms with Crippen molar-refractivity contribution in [3.05, 3.63) is 23.8 Å². The Kier molecular flexibility index (Phi) is 5.67. The first-order valence-corrected chi connectivity index (χ1v) is 5.43. The molecule has 0 aromatic heterocycles. The van der Waals surface area contributed by atoms with Gasteiger partial charge in [0.15, 0.2) is 0 Å². The molecule has 4 heteroatoms. The van der Waals surface area contributed by atoms with E-state index in [9.17, 15) is 0 Å². The van der Waals surface area contributed by atoms with Crippen molar-refractivity contribution in [3.8, 4) is 11.5 Å². The first kappa shape index (κ1) is 12.8. The van der Waals surface area contributed by atoms with Crippen molar-refractivity contribution in [2.45, 2.75) is 13.0 Å². The maximum absolute atomic E-state index is 5.42. The van der Waals surface area contributed by atoms with E-state index in [2.05, 4.69) is 5.32 Å². The maximum atomic E-state index is 5.42. The zero-order valence-corrected chi connectivity index (χ0v) is 9.95. The highest BCUT2D eigenvalue weighted by atomic mass is 16.5. The Morgan fingerprint density at radius 1 is 1.25 bits per heavy atom. The predicted octanol–water partition coefficient (Wildman–Crippen LogP) is 1.14. The van der Waals surface area contributed by atoms with Crippen LogP contribution in [0.5, 0.6) is 11.5 Å². The van der Waals surface area contributed by atoms with E-state index in [-0.39, 0.29) is 0 Å². The third-order valence-corrected chi connectivity index (χ3v) is 2.37. The lowest BCUT2D eigenvalue weighted by atomic mass is 10.2. The van der Waals surface area contributed by atoms with Crippen LogP contribution >= 0.6 is 0 Å².